The quantitative estimate of drug-likeness (QED) is 0.442. The number of nitrogens with zero attached hydrogens (tertiary/aromatic N) is 5. The third-order valence-corrected chi connectivity index (χ3v) is 19.0. The van der Waals surface area contributed by atoms with Crippen molar-refractivity contribution in [1.29, 1.82) is 0 Å². The van der Waals surface area contributed by atoms with Gasteiger partial charge in [0.05, 0.1) is 12.9 Å². The summed E-state index contributed by atoms with van der Waals surface area (Å²) < 4.78 is 29.5. The van der Waals surface area contributed by atoms with Crippen LogP contribution in [0.4, 0.5) is 11.8 Å². The van der Waals surface area contributed by atoms with Gasteiger partial charge in [-0.2, -0.15) is 9.97 Å². The molecule has 3 aliphatic rings. The molecule has 3 saturated heterocycles. The third-order valence-electron chi connectivity index (χ3n) is 8.76. The second kappa shape index (κ2) is 11.3. The first-order chi connectivity index (χ1) is 19.3. The standard InChI is InChI=1S/C27H46N6O6Si2/c1-15(2)40(16(3)4)36-13-20-23(38-41(39-40,17(5)6)18(7)8)22(35)26(37-20)33-14-28-21-24(32-11-10-12-32)30-27(29-19(9)34)31-25(21)33/h14-18,20,22-23,26,35H,10-13H2,1-9H3,(H,29,30,31,34)/t20-,22-,23-,26-/m1/s1. The Labute approximate surface area is 244 Å². The average Bonchev–Trinajstić information content (AvgIpc) is 3.37. The molecule has 0 unspecified atom stereocenters. The lowest BCUT2D eigenvalue weighted by Gasteiger charge is -2.51. The lowest BCUT2D eigenvalue weighted by atomic mass is 10.1. The minimum atomic E-state index is -2.93. The molecule has 4 atom stereocenters. The molecule has 14 heteroatoms. The highest BCUT2D eigenvalue weighted by Gasteiger charge is 2.61. The molecule has 41 heavy (non-hydrogen) atoms. The Morgan fingerprint density at radius 3 is 2.20 bits per heavy atom. The summed E-state index contributed by atoms with van der Waals surface area (Å²) in [5.41, 5.74) is 1.73. The molecule has 2 aromatic rings. The van der Waals surface area contributed by atoms with E-state index in [1.54, 1.807) is 10.9 Å². The molecule has 0 aliphatic carbocycles. The summed E-state index contributed by atoms with van der Waals surface area (Å²) in [5, 5.41) is 14.5. The van der Waals surface area contributed by atoms with Gasteiger partial charge in [-0.25, -0.2) is 4.98 Å². The van der Waals surface area contributed by atoms with Crippen LogP contribution in [0.15, 0.2) is 6.33 Å². The van der Waals surface area contributed by atoms with Crippen molar-refractivity contribution in [2.75, 3.05) is 29.9 Å². The van der Waals surface area contributed by atoms with E-state index in [2.05, 4.69) is 80.6 Å². The van der Waals surface area contributed by atoms with Gasteiger partial charge in [-0.05, 0) is 28.6 Å². The van der Waals surface area contributed by atoms with E-state index < -0.39 is 41.7 Å². The Morgan fingerprint density at radius 1 is 1.02 bits per heavy atom. The number of aliphatic hydroxyl groups excluding tert-OH is 1. The van der Waals surface area contributed by atoms with E-state index in [1.165, 1.54) is 6.92 Å². The maximum atomic E-state index is 11.9. The van der Waals surface area contributed by atoms with Gasteiger partial charge in [0, 0.05) is 20.0 Å². The number of aliphatic hydroxyl groups is 1. The van der Waals surface area contributed by atoms with Crippen LogP contribution in [0.25, 0.3) is 11.2 Å². The van der Waals surface area contributed by atoms with Crippen molar-refractivity contribution in [2.24, 2.45) is 0 Å². The fourth-order valence-electron chi connectivity index (χ4n) is 6.42. The number of nitrogens with one attached hydrogen (secondary N) is 1. The Balaban J connectivity index is 1.57. The van der Waals surface area contributed by atoms with Crippen LogP contribution in [0.2, 0.25) is 22.2 Å². The van der Waals surface area contributed by atoms with E-state index in [0.717, 1.165) is 19.5 Å². The van der Waals surface area contributed by atoms with E-state index in [-0.39, 0.29) is 40.6 Å². The highest BCUT2D eigenvalue weighted by atomic mass is 28.5. The molecule has 0 saturated carbocycles. The van der Waals surface area contributed by atoms with Gasteiger partial charge in [0.2, 0.25) is 11.9 Å². The van der Waals surface area contributed by atoms with E-state index in [9.17, 15) is 9.90 Å². The molecule has 0 bridgehead atoms. The van der Waals surface area contributed by atoms with E-state index in [0.29, 0.717) is 17.0 Å². The van der Waals surface area contributed by atoms with Crippen LogP contribution in [0.1, 0.15) is 75.0 Å². The topological polar surface area (TPSA) is 133 Å². The number of rotatable bonds is 7. The SMILES string of the molecule is CC(=O)Nc1nc(N2CCC2)c2ncn([C@@H]3O[C@@H]4CO[Si](C(C)C)(C(C)C)O[Si](C(C)C)(C(C)C)O[C@H]4[C@H]3O)c2n1. The molecule has 2 aromatic heterocycles. The van der Waals surface area contributed by atoms with Gasteiger partial charge in [0.1, 0.15) is 18.3 Å². The lowest BCUT2D eigenvalue weighted by molar-refractivity contribution is -0.114. The number of carbonyl (C=O) groups is 1. The first-order valence-corrected chi connectivity index (χ1v) is 18.9. The predicted molar refractivity (Wildman–Crippen MR) is 160 cm³/mol. The van der Waals surface area contributed by atoms with Crippen LogP contribution in [0, 0.1) is 0 Å². The highest BCUT2D eigenvalue weighted by molar-refractivity contribution is 6.84. The van der Waals surface area contributed by atoms with Gasteiger partial charge in [-0.15, -0.1) is 0 Å². The van der Waals surface area contributed by atoms with Crippen LogP contribution < -0.4 is 10.2 Å². The van der Waals surface area contributed by atoms with E-state index >= 15 is 0 Å². The fraction of sp³-hybridized carbons (Fsp3) is 0.778. The zero-order valence-corrected chi connectivity index (χ0v) is 27.7. The summed E-state index contributed by atoms with van der Waals surface area (Å²) in [6, 6.07) is 0. The number of aromatic nitrogens is 4. The number of carbonyl (C=O) groups excluding carboxylic acids is 1. The second-order valence-electron chi connectivity index (χ2n) is 12.8. The second-order valence-corrected chi connectivity index (χ2v) is 21.7. The molecule has 0 spiro atoms. The molecule has 3 aliphatic heterocycles. The zero-order valence-electron chi connectivity index (χ0n) is 25.7. The van der Waals surface area contributed by atoms with Crippen molar-refractivity contribution < 1.29 is 27.6 Å². The number of hydrogen-bond donors (Lipinski definition) is 2. The van der Waals surface area contributed by atoms with Crippen molar-refractivity contribution in [3.63, 3.8) is 0 Å². The summed E-state index contributed by atoms with van der Waals surface area (Å²) in [6.07, 6.45) is -0.303. The number of hydrogen-bond acceptors (Lipinski definition) is 10. The Bertz CT molecular complexity index is 1250. The monoisotopic (exact) mass is 606 g/mol. The summed E-state index contributed by atoms with van der Waals surface area (Å²) in [7, 11) is -5.68. The summed E-state index contributed by atoms with van der Waals surface area (Å²) in [4.78, 5) is 27.8. The van der Waals surface area contributed by atoms with Crippen molar-refractivity contribution >= 4 is 46.0 Å². The zero-order chi connectivity index (χ0) is 29.9. The number of imidazole rings is 1. The molecular weight excluding hydrogens is 561 g/mol. The summed E-state index contributed by atoms with van der Waals surface area (Å²) in [6.45, 7) is 20.7. The van der Waals surface area contributed by atoms with E-state index in [4.69, 9.17) is 17.7 Å². The Morgan fingerprint density at radius 2 is 1.66 bits per heavy atom. The first kappa shape index (κ1) is 30.5. The van der Waals surface area contributed by atoms with Crippen LogP contribution in [0.5, 0.6) is 0 Å². The normalized spacial score (nSPS) is 27.8. The minimum absolute atomic E-state index is 0.126. The Hall–Kier alpha value is -1.95. The largest absolute Gasteiger partial charge is 0.414 e. The molecule has 228 valence electrons. The molecule has 5 rings (SSSR count). The van der Waals surface area contributed by atoms with Gasteiger partial charge in [-0.1, -0.05) is 55.4 Å². The van der Waals surface area contributed by atoms with E-state index in [1.807, 2.05) is 0 Å². The number of ether oxygens (including phenoxy) is 1. The van der Waals surface area contributed by atoms with Gasteiger partial charge in [0.15, 0.2) is 23.2 Å². The molecule has 1 amide bonds. The predicted octanol–water partition coefficient (Wildman–Crippen LogP) is 4.21. The smallest absolute Gasteiger partial charge is 0.335 e. The maximum Gasteiger partial charge on any atom is 0.335 e. The summed E-state index contributed by atoms with van der Waals surface area (Å²) in [5.74, 6) is 0.583. The number of anilines is 2. The molecular formula is C27H46N6O6Si2. The Kier molecular flexibility index (Phi) is 8.39. The van der Waals surface area contributed by atoms with Crippen LogP contribution in [0.3, 0.4) is 0 Å². The molecule has 5 heterocycles. The minimum Gasteiger partial charge on any atom is -0.414 e. The van der Waals surface area contributed by atoms with Crippen LogP contribution in [-0.4, -0.2) is 85.7 Å². The van der Waals surface area contributed by atoms with Crippen molar-refractivity contribution in [1.82, 2.24) is 19.5 Å². The molecule has 0 radical (unpaired) electrons. The van der Waals surface area contributed by atoms with Crippen LogP contribution in [-0.2, 0) is 22.5 Å². The lowest BCUT2D eigenvalue weighted by Crippen LogP contribution is -2.65. The van der Waals surface area contributed by atoms with Gasteiger partial charge < -0.3 is 27.7 Å². The van der Waals surface area contributed by atoms with Crippen LogP contribution >= 0.6 is 0 Å². The van der Waals surface area contributed by atoms with Gasteiger partial charge in [0.25, 0.3) is 0 Å². The summed E-state index contributed by atoms with van der Waals surface area (Å²) >= 11 is 0. The molecule has 2 N–H and O–H groups in total. The van der Waals surface area contributed by atoms with Crippen molar-refractivity contribution in [3.8, 4) is 0 Å². The van der Waals surface area contributed by atoms with Crippen molar-refractivity contribution in [3.05, 3.63) is 6.33 Å². The third kappa shape index (κ3) is 5.14. The first-order valence-electron chi connectivity index (χ1n) is 14.9. The molecule has 12 nitrogen and oxygen atoms in total. The average molecular weight is 607 g/mol. The fourth-order valence-corrected chi connectivity index (χ4v) is 17.6. The highest BCUT2D eigenvalue weighted by Crippen LogP contribution is 2.48. The molecule has 3 fully saturated rings. The number of fused-ring (bicyclic) bond motifs is 2. The molecule has 0 aromatic carbocycles. The van der Waals surface area contributed by atoms with Gasteiger partial charge >= 0.3 is 17.1 Å². The maximum absolute atomic E-state index is 11.9. The number of amides is 1. The van der Waals surface area contributed by atoms with Crippen molar-refractivity contribution in [2.45, 2.75) is 115 Å². The van der Waals surface area contributed by atoms with Gasteiger partial charge in [-0.3, -0.25) is 14.7 Å².